The van der Waals surface area contributed by atoms with Gasteiger partial charge in [-0.1, -0.05) is 30.3 Å². The molecule has 1 aromatic heterocycles. The first-order valence-corrected chi connectivity index (χ1v) is 6.49. The second kappa shape index (κ2) is 4.43. The molecule has 2 aromatic carbocycles. The van der Waals surface area contributed by atoms with Gasteiger partial charge in [0.2, 0.25) is 0 Å². The minimum atomic E-state index is -0.716. The Balaban J connectivity index is 2.17. The summed E-state index contributed by atoms with van der Waals surface area (Å²) in [5, 5.41) is 10.8. The molecule has 20 heavy (non-hydrogen) atoms. The van der Waals surface area contributed by atoms with Gasteiger partial charge in [0, 0.05) is 16.9 Å². The summed E-state index contributed by atoms with van der Waals surface area (Å²) in [6, 6.07) is 19.9. The van der Waals surface area contributed by atoms with E-state index in [1.54, 1.807) is 0 Å². The third kappa shape index (κ3) is 1.83. The number of nitriles is 1. The lowest BCUT2D eigenvalue weighted by Gasteiger charge is -2.21. The number of anilines is 1. The van der Waals surface area contributed by atoms with Crippen molar-refractivity contribution in [3.63, 3.8) is 0 Å². The Bertz CT molecular complexity index is 760. The summed E-state index contributed by atoms with van der Waals surface area (Å²) in [5.41, 5.74) is 8.57. The van der Waals surface area contributed by atoms with Crippen molar-refractivity contribution in [1.82, 2.24) is 4.98 Å². The van der Waals surface area contributed by atoms with Crippen LogP contribution in [0.3, 0.4) is 0 Å². The van der Waals surface area contributed by atoms with Crippen molar-refractivity contribution in [3.8, 4) is 6.07 Å². The van der Waals surface area contributed by atoms with Gasteiger partial charge in [-0.15, -0.1) is 0 Å². The van der Waals surface area contributed by atoms with Gasteiger partial charge in [0.25, 0.3) is 0 Å². The molecule has 0 bridgehead atoms. The number of benzene rings is 2. The first-order chi connectivity index (χ1) is 9.63. The van der Waals surface area contributed by atoms with E-state index in [2.05, 4.69) is 11.1 Å². The number of rotatable bonds is 2. The molecule has 3 nitrogen and oxygen atoms in total. The molecule has 0 aliphatic heterocycles. The molecular formula is C17H15N3. The van der Waals surface area contributed by atoms with Crippen molar-refractivity contribution < 1.29 is 0 Å². The third-order valence-electron chi connectivity index (χ3n) is 3.78. The van der Waals surface area contributed by atoms with Gasteiger partial charge < -0.3 is 10.7 Å². The largest absolute Gasteiger partial charge is 0.399 e. The lowest BCUT2D eigenvalue weighted by atomic mass is 9.81. The second-order valence-corrected chi connectivity index (χ2v) is 5.13. The fraction of sp³-hybridized carbons (Fsp3) is 0.118. The van der Waals surface area contributed by atoms with E-state index < -0.39 is 5.41 Å². The molecule has 1 heterocycles. The molecule has 3 aromatic rings. The average molecular weight is 261 g/mol. The summed E-state index contributed by atoms with van der Waals surface area (Å²) in [4.78, 5) is 3.35. The molecule has 3 N–H and O–H groups in total. The van der Waals surface area contributed by atoms with Gasteiger partial charge in [-0.25, -0.2) is 0 Å². The number of fused-ring (bicyclic) bond motifs is 1. The van der Waals surface area contributed by atoms with E-state index in [1.165, 1.54) is 0 Å². The Kier molecular flexibility index (Phi) is 2.73. The Morgan fingerprint density at radius 1 is 1.10 bits per heavy atom. The molecule has 98 valence electrons. The second-order valence-electron chi connectivity index (χ2n) is 5.13. The summed E-state index contributed by atoms with van der Waals surface area (Å²) < 4.78 is 0. The minimum absolute atomic E-state index is 0.700. The van der Waals surface area contributed by atoms with E-state index in [0.717, 1.165) is 22.2 Å². The van der Waals surface area contributed by atoms with E-state index in [1.807, 2.05) is 61.5 Å². The Morgan fingerprint density at radius 2 is 1.80 bits per heavy atom. The van der Waals surface area contributed by atoms with Crippen LogP contribution in [-0.2, 0) is 5.41 Å². The van der Waals surface area contributed by atoms with Crippen LogP contribution in [0.5, 0.6) is 0 Å². The summed E-state index contributed by atoms with van der Waals surface area (Å²) in [6.45, 7) is 1.92. The number of nitrogen functional groups attached to an aromatic ring is 1. The zero-order valence-corrected chi connectivity index (χ0v) is 11.2. The quantitative estimate of drug-likeness (QED) is 0.692. The van der Waals surface area contributed by atoms with Gasteiger partial charge in [-0.2, -0.15) is 5.26 Å². The van der Waals surface area contributed by atoms with Gasteiger partial charge in [0.05, 0.1) is 6.07 Å². The van der Waals surface area contributed by atoms with Crippen LogP contribution in [-0.4, -0.2) is 4.98 Å². The predicted molar refractivity (Wildman–Crippen MR) is 81.2 cm³/mol. The minimum Gasteiger partial charge on any atom is -0.399 e. The van der Waals surface area contributed by atoms with E-state index >= 15 is 0 Å². The van der Waals surface area contributed by atoms with Crippen molar-refractivity contribution >= 4 is 16.6 Å². The fourth-order valence-electron chi connectivity index (χ4n) is 2.44. The van der Waals surface area contributed by atoms with Crippen LogP contribution in [0.4, 0.5) is 5.69 Å². The summed E-state index contributed by atoms with van der Waals surface area (Å²) in [7, 11) is 0. The molecule has 1 atom stereocenters. The Morgan fingerprint density at radius 3 is 2.45 bits per heavy atom. The number of para-hydroxylation sites is 1. The molecule has 0 saturated heterocycles. The molecular weight excluding hydrogens is 246 g/mol. The summed E-state index contributed by atoms with van der Waals surface area (Å²) >= 11 is 0. The monoisotopic (exact) mass is 261 g/mol. The van der Waals surface area contributed by atoms with E-state index in [0.29, 0.717) is 5.69 Å². The molecule has 1 unspecified atom stereocenters. The van der Waals surface area contributed by atoms with Crippen LogP contribution in [0, 0.1) is 11.3 Å². The molecule has 0 saturated carbocycles. The number of hydrogen-bond donors (Lipinski definition) is 2. The highest BCUT2D eigenvalue weighted by Crippen LogP contribution is 2.33. The zero-order valence-electron chi connectivity index (χ0n) is 11.2. The van der Waals surface area contributed by atoms with Crippen molar-refractivity contribution in [2.75, 3.05) is 5.73 Å². The maximum atomic E-state index is 9.69. The number of nitrogens with one attached hydrogen (secondary N) is 1. The highest BCUT2D eigenvalue weighted by atomic mass is 14.7. The lowest BCUT2D eigenvalue weighted by Crippen LogP contribution is -2.21. The molecule has 0 aliphatic carbocycles. The Hall–Kier alpha value is -2.73. The maximum absolute atomic E-state index is 9.69. The van der Waals surface area contributed by atoms with Crippen molar-refractivity contribution in [3.05, 3.63) is 65.9 Å². The van der Waals surface area contributed by atoms with Gasteiger partial charge >= 0.3 is 0 Å². The number of aromatic nitrogens is 1. The van der Waals surface area contributed by atoms with Crippen LogP contribution in [0.1, 0.15) is 18.2 Å². The standard InChI is InChI=1S/C17H15N3/c1-17(11-18,13-6-8-14(19)9-7-13)16-10-12-4-2-3-5-15(12)20-16/h2-10,20H,19H2,1H3. The van der Waals surface area contributed by atoms with E-state index in [-0.39, 0.29) is 0 Å². The van der Waals surface area contributed by atoms with Crippen molar-refractivity contribution in [2.24, 2.45) is 0 Å². The van der Waals surface area contributed by atoms with Crippen LogP contribution < -0.4 is 5.73 Å². The fourth-order valence-corrected chi connectivity index (χ4v) is 2.44. The van der Waals surface area contributed by atoms with E-state index in [4.69, 9.17) is 5.73 Å². The highest BCUT2D eigenvalue weighted by molar-refractivity contribution is 5.81. The van der Waals surface area contributed by atoms with Crippen LogP contribution in [0.15, 0.2) is 54.6 Å². The number of aromatic amines is 1. The number of hydrogen-bond acceptors (Lipinski definition) is 2. The van der Waals surface area contributed by atoms with Crippen LogP contribution in [0.25, 0.3) is 10.9 Å². The number of nitrogens with zero attached hydrogens (tertiary/aromatic N) is 1. The van der Waals surface area contributed by atoms with Gasteiger partial charge in [-0.05, 0) is 42.1 Å². The number of H-pyrrole nitrogens is 1. The maximum Gasteiger partial charge on any atom is 0.119 e. The molecule has 0 fully saturated rings. The topological polar surface area (TPSA) is 65.6 Å². The average Bonchev–Trinajstić information content (AvgIpc) is 2.91. The predicted octanol–water partition coefficient (Wildman–Crippen LogP) is 3.58. The lowest BCUT2D eigenvalue weighted by molar-refractivity contribution is 0.718. The van der Waals surface area contributed by atoms with Crippen molar-refractivity contribution in [1.29, 1.82) is 5.26 Å². The smallest absolute Gasteiger partial charge is 0.119 e. The SMILES string of the molecule is CC(C#N)(c1ccc(N)cc1)c1cc2ccccc2[nH]1. The molecule has 0 amide bonds. The third-order valence-corrected chi connectivity index (χ3v) is 3.78. The first-order valence-electron chi connectivity index (χ1n) is 6.49. The van der Waals surface area contributed by atoms with Gasteiger partial charge in [0.1, 0.15) is 5.41 Å². The molecule has 0 radical (unpaired) electrons. The van der Waals surface area contributed by atoms with E-state index in [9.17, 15) is 5.26 Å². The zero-order chi connectivity index (χ0) is 14.2. The molecule has 3 rings (SSSR count). The summed E-state index contributed by atoms with van der Waals surface area (Å²) in [5.74, 6) is 0. The normalized spacial score (nSPS) is 13.8. The molecule has 0 spiro atoms. The highest BCUT2D eigenvalue weighted by Gasteiger charge is 2.30. The first kappa shape index (κ1) is 12.3. The molecule has 3 heteroatoms. The molecule has 0 aliphatic rings. The van der Waals surface area contributed by atoms with Gasteiger partial charge in [-0.3, -0.25) is 0 Å². The number of nitrogens with two attached hydrogens (primary N) is 1. The van der Waals surface area contributed by atoms with Crippen molar-refractivity contribution in [2.45, 2.75) is 12.3 Å². The van der Waals surface area contributed by atoms with Crippen LogP contribution >= 0.6 is 0 Å². The Labute approximate surface area is 117 Å². The summed E-state index contributed by atoms with van der Waals surface area (Å²) in [6.07, 6.45) is 0. The van der Waals surface area contributed by atoms with Gasteiger partial charge in [0.15, 0.2) is 0 Å². The van der Waals surface area contributed by atoms with Crippen LogP contribution in [0.2, 0.25) is 0 Å².